The second-order valence-electron chi connectivity index (χ2n) is 8.50. The van der Waals surface area contributed by atoms with E-state index < -0.39 is 0 Å². The number of ether oxygens (including phenoxy) is 2. The summed E-state index contributed by atoms with van der Waals surface area (Å²) in [5.74, 6) is 1.14. The molecule has 148 valence electrons. The zero-order valence-corrected chi connectivity index (χ0v) is 16.6. The lowest BCUT2D eigenvalue weighted by Crippen LogP contribution is -2.36. The van der Waals surface area contributed by atoms with Crippen LogP contribution < -0.4 is 4.74 Å². The van der Waals surface area contributed by atoms with Gasteiger partial charge in [-0.1, -0.05) is 56.3 Å². The molecule has 0 radical (unpaired) electrons. The molecule has 2 aliphatic rings. The SMILES string of the molecule is CC1[C@H](O)CC2Cc3c(cccc3OCC(=O)OCc3ccccc3)CC21C. The van der Waals surface area contributed by atoms with Gasteiger partial charge in [-0.2, -0.15) is 0 Å². The highest BCUT2D eigenvalue weighted by Gasteiger charge is 2.51. The summed E-state index contributed by atoms with van der Waals surface area (Å²) in [6.07, 6.45) is 2.44. The Hall–Kier alpha value is -2.33. The minimum absolute atomic E-state index is 0.0930. The van der Waals surface area contributed by atoms with Crippen LogP contribution in [0.5, 0.6) is 5.75 Å². The first kappa shape index (κ1) is 19.0. The molecule has 0 amide bonds. The Morgan fingerprint density at radius 3 is 2.75 bits per heavy atom. The molecule has 3 unspecified atom stereocenters. The highest BCUT2D eigenvalue weighted by molar-refractivity contribution is 5.71. The topological polar surface area (TPSA) is 55.8 Å². The Labute approximate surface area is 166 Å². The number of hydrogen-bond acceptors (Lipinski definition) is 4. The smallest absolute Gasteiger partial charge is 0.344 e. The third-order valence-corrected chi connectivity index (χ3v) is 6.92. The number of carbonyl (C=O) groups is 1. The van der Waals surface area contributed by atoms with Crippen molar-refractivity contribution in [3.05, 3.63) is 65.2 Å². The van der Waals surface area contributed by atoms with Crippen LogP contribution >= 0.6 is 0 Å². The number of aliphatic hydroxyl groups excluding tert-OH is 1. The van der Waals surface area contributed by atoms with Crippen LogP contribution in [-0.4, -0.2) is 23.8 Å². The maximum absolute atomic E-state index is 12.1. The predicted molar refractivity (Wildman–Crippen MR) is 107 cm³/mol. The maximum Gasteiger partial charge on any atom is 0.344 e. The van der Waals surface area contributed by atoms with E-state index in [1.807, 2.05) is 42.5 Å². The number of aliphatic hydroxyl groups is 1. The van der Waals surface area contributed by atoms with E-state index in [2.05, 4.69) is 19.9 Å². The molecule has 1 fully saturated rings. The van der Waals surface area contributed by atoms with Crippen LogP contribution in [0, 0.1) is 17.3 Å². The van der Waals surface area contributed by atoms with Crippen LogP contribution in [0.15, 0.2) is 48.5 Å². The van der Waals surface area contributed by atoms with Crippen molar-refractivity contribution in [2.24, 2.45) is 17.3 Å². The monoisotopic (exact) mass is 380 g/mol. The van der Waals surface area contributed by atoms with E-state index in [4.69, 9.17) is 9.47 Å². The van der Waals surface area contributed by atoms with Gasteiger partial charge in [0.15, 0.2) is 6.61 Å². The Bertz CT molecular complexity index is 847. The summed E-state index contributed by atoms with van der Waals surface area (Å²) >= 11 is 0. The van der Waals surface area contributed by atoms with Gasteiger partial charge < -0.3 is 14.6 Å². The Balaban J connectivity index is 1.41. The van der Waals surface area contributed by atoms with E-state index in [1.54, 1.807) is 0 Å². The minimum atomic E-state index is -0.369. The van der Waals surface area contributed by atoms with Gasteiger partial charge >= 0.3 is 5.97 Å². The number of rotatable bonds is 5. The van der Waals surface area contributed by atoms with Crippen LogP contribution in [0.4, 0.5) is 0 Å². The Morgan fingerprint density at radius 1 is 1.18 bits per heavy atom. The van der Waals surface area contributed by atoms with Crippen molar-refractivity contribution in [3.63, 3.8) is 0 Å². The van der Waals surface area contributed by atoms with Gasteiger partial charge in [0.05, 0.1) is 6.10 Å². The first-order chi connectivity index (χ1) is 13.5. The number of hydrogen-bond donors (Lipinski definition) is 1. The molecule has 2 aliphatic carbocycles. The van der Waals surface area contributed by atoms with Gasteiger partial charge in [-0.25, -0.2) is 4.79 Å². The van der Waals surface area contributed by atoms with Crippen molar-refractivity contribution in [1.29, 1.82) is 0 Å². The van der Waals surface area contributed by atoms with Crippen LogP contribution in [0.2, 0.25) is 0 Å². The molecule has 0 spiro atoms. The molecule has 4 rings (SSSR count). The van der Waals surface area contributed by atoms with E-state index in [1.165, 1.54) is 11.1 Å². The second kappa shape index (κ2) is 7.59. The molecule has 28 heavy (non-hydrogen) atoms. The van der Waals surface area contributed by atoms with Gasteiger partial charge in [0.2, 0.25) is 0 Å². The summed E-state index contributed by atoms with van der Waals surface area (Å²) in [6.45, 7) is 4.63. The molecular formula is C24H28O4. The number of carbonyl (C=O) groups excluding carboxylic acids is 1. The van der Waals surface area contributed by atoms with Crippen molar-refractivity contribution < 1.29 is 19.4 Å². The summed E-state index contributed by atoms with van der Waals surface area (Å²) in [5.41, 5.74) is 3.54. The van der Waals surface area contributed by atoms with Gasteiger partial charge in [-0.15, -0.1) is 0 Å². The third kappa shape index (κ3) is 3.53. The highest BCUT2D eigenvalue weighted by atomic mass is 16.6. The van der Waals surface area contributed by atoms with E-state index in [-0.39, 0.29) is 30.7 Å². The summed E-state index contributed by atoms with van der Waals surface area (Å²) < 4.78 is 11.2. The molecule has 1 N–H and O–H groups in total. The largest absolute Gasteiger partial charge is 0.482 e. The van der Waals surface area contributed by atoms with Crippen molar-refractivity contribution in [2.75, 3.05) is 6.61 Å². The summed E-state index contributed by atoms with van der Waals surface area (Å²) in [7, 11) is 0. The Kier molecular flexibility index (Phi) is 5.15. The van der Waals surface area contributed by atoms with Crippen LogP contribution in [0.25, 0.3) is 0 Å². The van der Waals surface area contributed by atoms with Crippen LogP contribution in [-0.2, 0) is 29.0 Å². The zero-order chi connectivity index (χ0) is 19.7. The average molecular weight is 380 g/mol. The highest BCUT2D eigenvalue weighted by Crippen LogP contribution is 2.54. The lowest BCUT2D eigenvalue weighted by molar-refractivity contribution is -0.147. The molecular weight excluding hydrogens is 352 g/mol. The van der Waals surface area contributed by atoms with E-state index >= 15 is 0 Å². The standard InChI is InChI=1S/C24H28O4/c1-16-21(25)12-19-11-20-18(13-24(16,19)2)9-6-10-22(20)27-15-23(26)28-14-17-7-4-3-5-8-17/h3-10,16,19,21,25H,11-15H2,1-2H3/t16?,19?,21-,24?/m1/s1. The van der Waals surface area contributed by atoms with Crippen molar-refractivity contribution in [3.8, 4) is 5.75 Å². The van der Waals surface area contributed by atoms with Crippen molar-refractivity contribution >= 4 is 5.97 Å². The van der Waals surface area contributed by atoms with Gasteiger partial charge in [0, 0.05) is 0 Å². The molecule has 0 aromatic heterocycles. The maximum atomic E-state index is 12.1. The lowest BCUT2D eigenvalue weighted by atomic mass is 9.64. The average Bonchev–Trinajstić information content (AvgIpc) is 2.92. The van der Waals surface area contributed by atoms with Gasteiger partial charge in [-0.05, 0) is 59.3 Å². The first-order valence-corrected chi connectivity index (χ1v) is 10.1. The molecule has 0 bridgehead atoms. The third-order valence-electron chi connectivity index (χ3n) is 6.92. The number of fused-ring (bicyclic) bond motifs is 2. The van der Waals surface area contributed by atoms with Crippen molar-refractivity contribution in [1.82, 2.24) is 0 Å². The van der Waals surface area contributed by atoms with Crippen LogP contribution in [0.3, 0.4) is 0 Å². The fourth-order valence-electron chi connectivity index (χ4n) is 4.91. The molecule has 2 aromatic carbocycles. The molecule has 4 heteroatoms. The van der Waals surface area contributed by atoms with E-state index in [0.717, 1.165) is 30.6 Å². The van der Waals surface area contributed by atoms with E-state index in [9.17, 15) is 9.90 Å². The molecule has 0 aliphatic heterocycles. The first-order valence-electron chi connectivity index (χ1n) is 10.1. The fraction of sp³-hybridized carbons (Fsp3) is 0.458. The minimum Gasteiger partial charge on any atom is -0.482 e. The summed E-state index contributed by atoms with van der Waals surface area (Å²) in [6, 6.07) is 15.7. The second-order valence-corrected chi connectivity index (χ2v) is 8.50. The number of benzene rings is 2. The summed E-state index contributed by atoms with van der Waals surface area (Å²) in [4.78, 5) is 12.1. The van der Waals surface area contributed by atoms with Crippen LogP contribution in [0.1, 0.15) is 37.0 Å². The van der Waals surface area contributed by atoms with Gasteiger partial charge in [0.1, 0.15) is 12.4 Å². The van der Waals surface area contributed by atoms with Crippen molar-refractivity contribution in [2.45, 2.75) is 45.8 Å². The summed E-state index contributed by atoms with van der Waals surface area (Å²) in [5, 5.41) is 10.4. The van der Waals surface area contributed by atoms with Gasteiger partial charge in [0.25, 0.3) is 0 Å². The Morgan fingerprint density at radius 2 is 1.96 bits per heavy atom. The molecule has 0 heterocycles. The van der Waals surface area contributed by atoms with Gasteiger partial charge in [-0.3, -0.25) is 0 Å². The zero-order valence-electron chi connectivity index (χ0n) is 16.6. The predicted octanol–water partition coefficient (Wildman–Crippen LogP) is 3.93. The normalized spacial score (nSPS) is 28.3. The molecule has 0 saturated heterocycles. The number of esters is 1. The lowest BCUT2D eigenvalue weighted by Gasteiger charge is -2.41. The molecule has 2 aromatic rings. The quantitative estimate of drug-likeness (QED) is 0.799. The van der Waals surface area contributed by atoms with E-state index in [0.29, 0.717) is 11.8 Å². The molecule has 1 saturated carbocycles. The molecule has 4 nitrogen and oxygen atoms in total. The fourth-order valence-corrected chi connectivity index (χ4v) is 4.91. The molecule has 4 atom stereocenters.